The van der Waals surface area contributed by atoms with Crippen molar-refractivity contribution in [1.29, 1.82) is 0 Å². The van der Waals surface area contributed by atoms with E-state index in [0.29, 0.717) is 6.42 Å². The fourth-order valence-electron chi connectivity index (χ4n) is 1.62. The van der Waals surface area contributed by atoms with Crippen LogP contribution in [0.25, 0.3) is 0 Å². The summed E-state index contributed by atoms with van der Waals surface area (Å²) in [6.45, 7) is 5.83. The number of thiophene rings is 1. The normalized spacial score (nSPS) is 13.5. The first-order valence-corrected chi connectivity index (χ1v) is 6.74. The molecule has 4 heteroatoms. The molecule has 1 aromatic heterocycles. The highest BCUT2D eigenvalue weighted by Crippen LogP contribution is 2.15. The molecule has 1 amide bonds. The minimum Gasteiger partial charge on any atom is -0.343 e. The van der Waals surface area contributed by atoms with Gasteiger partial charge in [-0.3, -0.25) is 4.79 Å². The maximum absolute atomic E-state index is 12.0. The number of likely N-dealkylation sites (N-methyl/N-ethyl adjacent to an activating group) is 1. The molecular weight excluding hydrogens is 232 g/mol. The van der Waals surface area contributed by atoms with E-state index in [2.05, 4.69) is 18.4 Å². The third-order valence-electron chi connectivity index (χ3n) is 2.74. The maximum atomic E-state index is 12.0. The molecule has 0 aliphatic heterocycles. The molecule has 0 fully saturated rings. The Morgan fingerprint density at radius 1 is 1.59 bits per heavy atom. The SMILES string of the molecule is CC(Cc1cccs1)N(C)C(=O)CC(C)(C)N. The quantitative estimate of drug-likeness (QED) is 0.876. The van der Waals surface area contributed by atoms with E-state index in [0.717, 1.165) is 6.42 Å². The molecule has 17 heavy (non-hydrogen) atoms. The number of nitrogens with two attached hydrogens (primary N) is 1. The lowest BCUT2D eigenvalue weighted by molar-refractivity contribution is -0.132. The van der Waals surface area contributed by atoms with E-state index in [1.54, 1.807) is 16.2 Å². The Kier molecular flexibility index (Phi) is 4.71. The molecule has 0 radical (unpaired) electrons. The van der Waals surface area contributed by atoms with E-state index in [1.807, 2.05) is 27.0 Å². The van der Waals surface area contributed by atoms with Gasteiger partial charge in [-0.05, 0) is 32.2 Å². The molecule has 0 spiro atoms. The monoisotopic (exact) mass is 254 g/mol. The van der Waals surface area contributed by atoms with Crippen LogP contribution in [-0.2, 0) is 11.2 Å². The van der Waals surface area contributed by atoms with Crippen molar-refractivity contribution in [3.8, 4) is 0 Å². The van der Waals surface area contributed by atoms with Gasteiger partial charge in [0.1, 0.15) is 0 Å². The van der Waals surface area contributed by atoms with Gasteiger partial charge in [0.2, 0.25) is 5.91 Å². The number of carbonyl (C=O) groups is 1. The summed E-state index contributed by atoms with van der Waals surface area (Å²) in [7, 11) is 1.85. The second-order valence-corrected chi connectivity index (χ2v) is 6.33. The molecule has 0 aromatic carbocycles. The fraction of sp³-hybridized carbons (Fsp3) is 0.615. The lowest BCUT2D eigenvalue weighted by atomic mass is 10.0. The van der Waals surface area contributed by atoms with Gasteiger partial charge in [-0.15, -0.1) is 11.3 Å². The van der Waals surface area contributed by atoms with Crippen LogP contribution in [0.2, 0.25) is 0 Å². The van der Waals surface area contributed by atoms with Crippen molar-refractivity contribution in [3.63, 3.8) is 0 Å². The lowest BCUT2D eigenvalue weighted by Crippen LogP contribution is -2.43. The Morgan fingerprint density at radius 2 is 2.24 bits per heavy atom. The van der Waals surface area contributed by atoms with Crippen LogP contribution in [0.1, 0.15) is 32.1 Å². The molecule has 1 heterocycles. The topological polar surface area (TPSA) is 46.3 Å². The molecule has 96 valence electrons. The zero-order chi connectivity index (χ0) is 13.1. The predicted molar refractivity (Wildman–Crippen MR) is 73.1 cm³/mol. The lowest BCUT2D eigenvalue weighted by Gasteiger charge is -2.28. The third kappa shape index (κ3) is 4.88. The van der Waals surface area contributed by atoms with E-state index in [4.69, 9.17) is 5.73 Å². The number of nitrogens with zero attached hydrogens (tertiary/aromatic N) is 1. The summed E-state index contributed by atoms with van der Waals surface area (Å²) in [6, 6.07) is 4.35. The van der Waals surface area contributed by atoms with Crippen LogP contribution in [0, 0.1) is 0 Å². The van der Waals surface area contributed by atoms with Crippen molar-refractivity contribution in [3.05, 3.63) is 22.4 Å². The van der Waals surface area contributed by atoms with Crippen LogP contribution < -0.4 is 5.73 Å². The Balaban J connectivity index is 2.51. The van der Waals surface area contributed by atoms with Gasteiger partial charge in [0.25, 0.3) is 0 Å². The zero-order valence-electron chi connectivity index (χ0n) is 11.1. The van der Waals surface area contributed by atoms with Gasteiger partial charge in [-0.1, -0.05) is 6.07 Å². The highest BCUT2D eigenvalue weighted by molar-refractivity contribution is 7.09. The second-order valence-electron chi connectivity index (χ2n) is 5.30. The molecule has 2 N–H and O–H groups in total. The molecule has 0 saturated carbocycles. The molecule has 0 aliphatic carbocycles. The Bertz CT molecular complexity index is 354. The van der Waals surface area contributed by atoms with Crippen molar-refractivity contribution in [2.75, 3.05) is 7.05 Å². The molecule has 1 atom stereocenters. The van der Waals surface area contributed by atoms with Crippen LogP contribution in [-0.4, -0.2) is 29.4 Å². The van der Waals surface area contributed by atoms with Crippen molar-refractivity contribution in [2.24, 2.45) is 5.73 Å². The molecule has 0 saturated heterocycles. The maximum Gasteiger partial charge on any atom is 0.224 e. The Labute approximate surface area is 108 Å². The highest BCUT2D eigenvalue weighted by atomic mass is 32.1. The van der Waals surface area contributed by atoms with E-state index in [-0.39, 0.29) is 11.9 Å². The number of amides is 1. The summed E-state index contributed by atoms with van der Waals surface area (Å²) >= 11 is 1.73. The van der Waals surface area contributed by atoms with Gasteiger partial charge in [-0.25, -0.2) is 0 Å². The van der Waals surface area contributed by atoms with Crippen LogP contribution in [0.4, 0.5) is 0 Å². The summed E-state index contributed by atoms with van der Waals surface area (Å²) in [5.74, 6) is 0.113. The standard InChI is InChI=1S/C13H22N2OS/c1-10(8-11-6-5-7-17-11)15(4)12(16)9-13(2,3)14/h5-7,10H,8-9,14H2,1-4H3. The van der Waals surface area contributed by atoms with Crippen molar-refractivity contribution in [1.82, 2.24) is 4.90 Å². The van der Waals surface area contributed by atoms with Gasteiger partial charge in [-0.2, -0.15) is 0 Å². The smallest absolute Gasteiger partial charge is 0.224 e. The first-order valence-electron chi connectivity index (χ1n) is 5.86. The first-order chi connectivity index (χ1) is 7.79. The van der Waals surface area contributed by atoms with Crippen LogP contribution >= 0.6 is 11.3 Å². The van der Waals surface area contributed by atoms with Crippen LogP contribution in [0.5, 0.6) is 0 Å². The summed E-state index contributed by atoms with van der Waals surface area (Å²) in [5.41, 5.74) is 5.43. The van der Waals surface area contributed by atoms with Crippen LogP contribution in [0.15, 0.2) is 17.5 Å². The highest BCUT2D eigenvalue weighted by Gasteiger charge is 2.22. The van der Waals surface area contributed by atoms with E-state index in [9.17, 15) is 4.79 Å². The van der Waals surface area contributed by atoms with Crippen molar-refractivity contribution in [2.45, 2.75) is 45.2 Å². The van der Waals surface area contributed by atoms with E-state index >= 15 is 0 Å². The number of hydrogen-bond acceptors (Lipinski definition) is 3. The Hall–Kier alpha value is -0.870. The minimum absolute atomic E-state index is 0.113. The summed E-state index contributed by atoms with van der Waals surface area (Å²) in [5, 5.41) is 2.06. The summed E-state index contributed by atoms with van der Waals surface area (Å²) in [6.07, 6.45) is 1.29. The number of rotatable bonds is 5. The molecule has 3 nitrogen and oxygen atoms in total. The van der Waals surface area contributed by atoms with Crippen molar-refractivity contribution >= 4 is 17.2 Å². The van der Waals surface area contributed by atoms with Crippen LogP contribution in [0.3, 0.4) is 0 Å². The average Bonchev–Trinajstić information content (AvgIpc) is 2.66. The first kappa shape index (κ1) is 14.2. The molecule has 1 unspecified atom stereocenters. The zero-order valence-corrected chi connectivity index (χ0v) is 11.9. The van der Waals surface area contributed by atoms with Gasteiger partial charge < -0.3 is 10.6 Å². The summed E-state index contributed by atoms with van der Waals surface area (Å²) in [4.78, 5) is 15.1. The summed E-state index contributed by atoms with van der Waals surface area (Å²) < 4.78 is 0. The number of hydrogen-bond donors (Lipinski definition) is 1. The van der Waals surface area contributed by atoms with Gasteiger partial charge in [0.05, 0.1) is 0 Å². The Morgan fingerprint density at radius 3 is 2.71 bits per heavy atom. The molecular formula is C13H22N2OS. The molecule has 0 bridgehead atoms. The number of carbonyl (C=O) groups excluding carboxylic acids is 1. The predicted octanol–water partition coefficient (Wildman–Crippen LogP) is 2.26. The third-order valence-corrected chi connectivity index (χ3v) is 3.64. The van der Waals surface area contributed by atoms with E-state index < -0.39 is 5.54 Å². The van der Waals surface area contributed by atoms with Gasteiger partial charge in [0, 0.05) is 36.3 Å². The molecule has 1 aromatic rings. The fourth-order valence-corrected chi connectivity index (χ4v) is 2.44. The largest absolute Gasteiger partial charge is 0.343 e. The van der Waals surface area contributed by atoms with Gasteiger partial charge >= 0.3 is 0 Å². The average molecular weight is 254 g/mol. The second kappa shape index (κ2) is 5.65. The van der Waals surface area contributed by atoms with Gasteiger partial charge in [0.15, 0.2) is 0 Å². The van der Waals surface area contributed by atoms with E-state index in [1.165, 1.54) is 4.88 Å². The molecule has 1 rings (SSSR count). The van der Waals surface area contributed by atoms with Crippen molar-refractivity contribution < 1.29 is 4.79 Å². The minimum atomic E-state index is -0.437. The molecule has 0 aliphatic rings.